The first-order valence-corrected chi connectivity index (χ1v) is 6.46. The molecule has 0 spiro atoms. The van der Waals surface area contributed by atoms with Crippen LogP contribution in [0, 0.1) is 22.7 Å². The molecule has 0 aliphatic heterocycles. The number of nitriles is 2. The first-order chi connectivity index (χ1) is 9.04. The highest BCUT2D eigenvalue weighted by Gasteiger charge is 2.30. The van der Waals surface area contributed by atoms with Crippen molar-refractivity contribution in [3.63, 3.8) is 0 Å². The number of nitrogens with zero attached hydrogens (tertiary/aromatic N) is 2. The fourth-order valence-corrected chi connectivity index (χ4v) is 2.74. The van der Waals surface area contributed by atoms with E-state index < -0.39 is 0 Å². The molecule has 2 rings (SSSR count). The van der Waals surface area contributed by atoms with Gasteiger partial charge >= 0.3 is 0 Å². The van der Waals surface area contributed by atoms with Gasteiger partial charge in [-0.15, -0.1) is 0 Å². The predicted octanol–water partition coefficient (Wildman–Crippen LogP) is 4.47. The summed E-state index contributed by atoms with van der Waals surface area (Å²) < 4.78 is 0. The maximum Gasteiger partial charge on any atom is 0.138 e. The molecule has 0 saturated heterocycles. The van der Waals surface area contributed by atoms with Gasteiger partial charge in [0, 0.05) is 11.1 Å². The van der Waals surface area contributed by atoms with Crippen molar-refractivity contribution in [2.45, 2.75) is 6.92 Å². The molecular formula is C14H6Cl2N2S. The first kappa shape index (κ1) is 13.8. The molecular weight excluding hydrogens is 299 g/mol. The first-order valence-electron chi connectivity index (χ1n) is 5.30. The van der Waals surface area contributed by atoms with Crippen LogP contribution < -0.4 is 0 Å². The van der Waals surface area contributed by atoms with Crippen molar-refractivity contribution >= 4 is 45.9 Å². The molecule has 0 fully saturated rings. The second-order valence-corrected chi connectivity index (χ2v) is 5.04. The average molecular weight is 305 g/mol. The molecule has 0 atom stereocenters. The normalized spacial score (nSPS) is 15.1. The largest absolute Gasteiger partial charge is 0.192 e. The predicted molar refractivity (Wildman–Crippen MR) is 80.1 cm³/mol. The summed E-state index contributed by atoms with van der Waals surface area (Å²) in [7, 11) is 0. The molecule has 0 unspecified atom stereocenters. The number of benzene rings is 1. The van der Waals surface area contributed by atoms with E-state index in [1.165, 1.54) is 0 Å². The number of rotatable bonds is 0. The van der Waals surface area contributed by atoms with Crippen LogP contribution in [0.3, 0.4) is 0 Å². The van der Waals surface area contributed by atoms with Gasteiger partial charge in [-0.1, -0.05) is 41.5 Å². The summed E-state index contributed by atoms with van der Waals surface area (Å²) in [5.41, 5.74) is 2.67. The Morgan fingerprint density at radius 3 is 2.16 bits per heavy atom. The molecule has 0 aromatic heterocycles. The fraction of sp³-hybridized carbons (Fsp3) is 0.0714. The van der Waals surface area contributed by atoms with E-state index >= 15 is 0 Å². The third-order valence-corrected chi connectivity index (χ3v) is 4.01. The van der Waals surface area contributed by atoms with E-state index in [2.05, 4.69) is 0 Å². The van der Waals surface area contributed by atoms with E-state index in [0.717, 1.165) is 5.56 Å². The summed E-state index contributed by atoms with van der Waals surface area (Å²) in [6.45, 7) is 1.81. The number of halogens is 2. The molecule has 0 heterocycles. The number of fused-ring (bicyclic) bond motifs is 1. The molecule has 2 nitrogen and oxygen atoms in total. The average Bonchev–Trinajstić information content (AvgIpc) is 2.65. The van der Waals surface area contributed by atoms with Gasteiger partial charge in [-0.3, -0.25) is 0 Å². The zero-order valence-electron chi connectivity index (χ0n) is 9.79. The summed E-state index contributed by atoms with van der Waals surface area (Å²) in [5, 5.41) is 18.9. The SMILES string of the molecule is C/C=C1/C(=S)c2cc(Cl)c(Cl)cc2C1=C(C#N)C#N. The van der Waals surface area contributed by atoms with Gasteiger partial charge in [0.15, 0.2) is 0 Å². The summed E-state index contributed by atoms with van der Waals surface area (Å²) in [6, 6.07) is 7.11. The number of hydrogen-bond donors (Lipinski definition) is 0. The molecule has 19 heavy (non-hydrogen) atoms. The Balaban J connectivity index is 2.91. The Morgan fingerprint density at radius 2 is 1.68 bits per heavy atom. The van der Waals surface area contributed by atoms with Crippen molar-refractivity contribution in [2.75, 3.05) is 0 Å². The third-order valence-electron chi connectivity index (χ3n) is 2.85. The Kier molecular flexibility index (Phi) is 3.73. The zero-order valence-corrected chi connectivity index (χ0v) is 12.1. The number of thiocarbonyl (C=S) groups is 1. The molecule has 1 aliphatic rings. The Morgan fingerprint density at radius 1 is 1.16 bits per heavy atom. The molecule has 92 valence electrons. The molecule has 0 bridgehead atoms. The second-order valence-electron chi connectivity index (χ2n) is 3.82. The minimum atomic E-state index is 0.0209. The van der Waals surface area contributed by atoms with Crippen LogP contribution in [0.25, 0.3) is 5.57 Å². The van der Waals surface area contributed by atoms with Crippen LogP contribution in [-0.2, 0) is 0 Å². The number of allylic oxidation sites excluding steroid dienone is 4. The topological polar surface area (TPSA) is 47.6 Å². The van der Waals surface area contributed by atoms with Crippen molar-refractivity contribution in [3.8, 4) is 12.1 Å². The van der Waals surface area contributed by atoms with Gasteiger partial charge in [0.05, 0.1) is 14.9 Å². The van der Waals surface area contributed by atoms with E-state index in [1.54, 1.807) is 18.2 Å². The van der Waals surface area contributed by atoms with Crippen LogP contribution in [0.5, 0.6) is 0 Å². The van der Waals surface area contributed by atoms with Crippen LogP contribution in [0.1, 0.15) is 18.1 Å². The highest BCUT2D eigenvalue weighted by molar-refractivity contribution is 7.81. The second kappa shape index (κ2) is 5.15. The van der Waals surface area contributed by atoms with Crippen molar-refractivity contribution in [1.82, 2.24) is 0 Å². The van der Waals surface area contributed by atoms with Crippen LogP contribution in [-0.4, -0.2) is 4.86 Å². The lowest BCUT2D eigenvalue weighted by atomic mass is 10.00. The third kappa shape index (κ3) is 2.07. The standard InChI is InChI=1S/C14H6Cl2N2S/c1-2-8-13(7(5-17)6-18)9-3-11(15)12(16)4-10(9)14(8)19/h2-4H,1H3/b8-2+. The van der Waals surface area contributed by atoms with E-state index in [-0.39, 0.29) is 5.57 Å². The minimum Gasteiger partial charge on any atom is -0.192 e. The lowest BCUT2D eigenvalue weighted by Crippen LogP contribution is -1.93. The number of hydrogen-bond acceptors (Lipinski definition) is 3. The van der Waals surface area contributed by atoms with Gasteiger partial charge in [-0.05, 0) is 30.2 Å². The quantitative estimate of drug-likeness (QED) is 0.403. The molecule has 0 N–H and O–H groups in total. The lowest BCUT2D eigenvalue weighted by Gasteiger charge is -2.03. The van der Waals surface area contributed by atoms with E-state index in [0.29, 0.717) is 31.6 Å². The molecule has 1 aromatic rings. The Labute approximate surface area is 126 Å². The molecule has 0 saturated carbocycles. The maximum absolute atomic E-state index is 9.08. The maximum atomic E-state index is 9.08. The summed E-state index contributed by atoms with van der Waals surface area (Å²) >= 11 is 17.4. The van der Waals surface area contributed by atoms with Crippen molar-refractivity contribution < 1.29 is 0 Å². The van der Waals surface area contributed by atoms with Gasteiger partial charge in [-0.2, -0.15) is 10.5 Å². The highest BCUT2D eigenvalue weighted by atomic mass is 35.5. The van der Waals surface area contributed by atoms with Gasteiger partial charge in [-0.25, -0.2) is 0 Å². The summed E-state index contributed by atoms with van der Waals surface area (Å²) in [5.74, 6) is 0. The highest BCUT2D eigenvalue weighted by Crippen LogP contribution is 2.42. The fourth-order valence-electron chi connectivity index (χ4n) is 2.03. The van der Waals surface area contributed by atoms with Crippen LogP contribution >= 0.6 is 35.4 Å². The molecule has 0 radical (unpaired) electrons. The molecule has 5 heteroatoms. The molecule has 1 aliphatic carbocycles. The van der Waals surface area contributed by atoms with Crippen molar-refractivity contribution in [2.24, 2.45) is 0 Å². The summed E-state index contributed by atoms with van der Waals surface area (Å²) in [6.07, 6.45) is 1.79. The van der Waals surface area contributed by atoms with Gasteiger partial charge < -0.3 is 0 Å². The van der Waals surface area contributed by atoms with Gasteiger partial charge in [0.1, 0.15) is 17.7 Å². The van der Waals surface area contributed by atoms with Crippen LogP contribution in [0.4, 0.5) is 0 Å². The van der Waals surface area contributed by atoms with E-state index in [9.17, 15) is 0 Å². The lowest BCUT2D eigenvalue weighted by molar-refractivity contribution is 1.46. The smallest absolute Gasteiger partial charge is 0.138 e. The van der Waals surface area contributed by atoms with Crippen LogP contribution in [0.2, 0.25) is 10.0 Å². The van der Waals surface area contributed by atoms with Crippen LogP contribution in [0.15, 0.2) is 29.4 Å². The zero-order chi connectivity index (χ0) is 14.2. The van der Waals surface area contributed by atoms with Gasteiger partial charge in [0.25, 0.3) is 0 Å². The molecule has 0 amide bonds. The minimum absolute atomic E-state index is 0.0209. The monoisotopic (exact) mass is 304 g/mol. The van der Waals surface area contributed by atoms with E-state index in [1.807, 2.05) is 19.1 Å². The Hall–Kier alpha value is -1.65. The van der Waals surface area contributed by atoms with Crippen molar-refractivity contribution in [1.29, 1.82) is 10.5 Å². The van der Waals surface area contributed by atoms with Gasteiger partial charge in [0.2, 0.25) is 0 Å². The van der Waals surface area contributed by atoms with Crippen molar-refractivity contribution in [3.05, 3.63) is 50.5 Å². The molecule has 1 aromatic carbocycles. The summed E-state index contributed by atoms with van der Waals surface area (Å²) in [4.78, 5) is 0.578. The van der Waals surface area contributed by atoms with E-state index in [4.69, 9.17) is 45.9 Å². The Bertz CT molecular complexity index is 730.